The third kappa shape index (κ3) is 4.30. The molecule has 0 bridgehead atoms. The van der Waals surface area contributed by atoms with E-state index in [0.717, 1.165) is 17.6 Å². The Bertz CT molecular complexity index is 455. The molecule has 1 aromatic carbocycles. The maximum absolute atomic E-state index is 6.23. The van der Waals surface area contributed by atoms with Gasteiger partial charge in [0.25, 0.3) is 0 Å². The van der Waals surface area contributed by atoms with Crippen molar-refractivity contribution in [3.05, 3.63) is 34.3 Å². The van der Waals surface area contributed by atoms with Crippen LogP contribution in [0.5, 0.6) is 0 Å². The van der Waals surface area contributed by atoms with Crippen molar-refractivity contribution in [2.24, 2.45) is 11.1 Å². The van der Waals surface area contributed by atoms with Gasteiger partial charge in [0.05, 0.1) is 0 Å². The number of likely N-dealkylation sites (N-methyl/N-ethyl adjacent to an activating group) is 1. The van der Waals surface area contributed by atoms with E-state index in [1.165, 1.54) is 37.7 Å². The van der Waals surface area contributed by atoms with Crippen LogP contribution in [-0.4, -0.2) is 24.0 Å². The van der Waals surface area contributed by atoms with Crippen LogP contribution in [0.2, 0.25) is 0 Å². The summed E-state index contributed by atoms with van der Waals surface area (Å²) in [5.41, 5.74) is 8.22. The van der Waals surface area contributed by atoms with Crippen LogP contribution in [0.25, 0.3) is 0 Å². The molecule has 3 heteroatoms. The van der Waals surface area contributed by atoms with Crippen molar-refractivity contribution in [1.29, 1.82) is 0 Å². The second-order valence-electron chi connectivity index (χ2n) is 7.43. The van der Waals surface area contributed by atoms with E-state index in [-0.39, 0.29) is 5.54 Å². The zero-order valence-electron chi connectivity index (χ0n) is 13.7. The minimum Gasteiger partial charge on any atom is -0.329 e. The van der Waals surface area contributed by atoms with Gasteiger partial charge in [0.15, 0.2) is 0 Å². The van der Waals surface area contributed by atoms with E-state index >= 15 is 0 Å². The summed E-state index contributed by atoms with van der Waals surface area (Å²) in [4.78, 5) is 2.50. The SMILES string of the molecule is CN(Cc1ccc(Br)cc1)C1(CN)CCCC(C)(C)CC1. The van der Waals surface area contributed by atoms with E-state index in [0.29, 0.717) is 5.41 Å². The van der Waals surface area contributed by atoms with Gasteiger partial charge in [0, 0.05) is 23.1 Å². The standard InChI is InChI=1S/C18H29BrN2/c1-17(2)9-4-10-18(14-20,12-11-17)21(3)13-15-5-7-16(19)8-6-15/h5-8H,4,9-14,20H2,1-3H3. The van der Waals surface area contributed by atoms with Crippen LogP contribution in [0, 0.1) is 5.41 Å². The number of hydrogen-bond donors (Lipinski definition) is 1. The van der Waals surface area contributed by atoms with Crippen molar-refractivity contribution in [3.63, 3.8) is 0 Å². The number of nitrogens with zero attached hydrogens (tertiary/aromatic N) is 1. The van der Waals surface area contributed by atoms with E-state index in [4.69, 9.17) is 5.73 Å². The van der Waals surface area contributed by atoms with Crippen molar-refractivity contribution in [3.8, 4) is 0 Å². The highest BCUT2D eigenvalue weighted by Crippen LogP contribution is 2.40. The molecule has 1 unspecified atom stereocenters. The summed E-state index contributed by atoms with van der Waals surface area (Å²) in [6, 6.07) is 8.64. The minimum absolute atomic E-state index is 0.168. The molecular formula is C18H29BrN2. The first kappa shape index (κ1) is 17.0. The summed E-state index contributed by atoms with van der Waals surface area (Å²) >= 11 is 3.50. The quantitative estimate of drug-likeness (QED) is 0.804. The van der Waals surface area contributed by atoms with E-state index in [1.54, 1.807) is 0 Å². The number of hydrogen-bond acceptors (Lipinski definition) is 2. The van der Waals surface area contributed by atoms with Gasteiger partial charge in [-0.2, -0.15) is 0 Å². The van der Waals surface area contributed by atoms with Crippen LogP contribution in [0.1, 0.15) is 51.5 Å². The topological polar surface area (TPSA) is 29.3 Å². The molecule has 0 radical (unpaired) electrons. The first-order chi connectivity index (χ1) is 9.87. The number of nitrogens with two attached hydrogens (primary N) is 1. The fourth-order valence-corrected chi connectivity index (χ4v) is 3.75. The number of benzene rings is 1. The Hall–Kier alpha value is -0.380. The van der Waals surface area contributed by atoms with Gasteiger partial charge in [-0.3, -0.25) is 4.90 Å². The van der Waals surface area contributed by atoms with Gasteiger partial charge >= 0.3 is 0 Å². The van der Waals surface area contributed by atoms with Crippen molar-refractivity contribution < 1.29 is 0 Å². The highest BCUT2D eigenvalue weighted by atomic mass is 79.9. The molecule has 1 aliphatic rings. The zero-order valence-corrected chi connectivity index (χ0v) is 15.2. The minimum atomic E-state index is 0.168. The van der Waals surface area contributed by atoms with Gasteiger partial charge in [-0.25, -0.2) is 0 Å². The Morgan fingerprint density at radius 3 is 2.38 bits per heavy atom. The van der Waals surface area contributed by atoms with E-state index in [2.05, 4.69) is 66.0 Å². The lowest BCUT2D eigenvalue weighted by Gasteiger charge is -2.41. The summed E-state index contributed by atoms with van der Waals surface area (Å²) in [7, 11) is 2.24. The van der Waals surface area contributed by atoms with Gasteiger partial charge in [-0.15, -0.1) is 0 Å². The monoisotopic (exact) mass is 352 g/mol. The first-order valence-electron chi connectivity index (χ1n) is 8.03. The third-order valence-electron chi connectivity index (χ3n) is 5.29. The molecule has 0 heterocycles. The Morgan fingerprint density at radius 1 is 1.10 bits per heavy atom. The lowest BCUT2D eigenvalue weighted by atomic mass is 9.83. The lowest BCUT2D eigenvalue weighted by Crippen LogP contribution is -2.51. The second kappa shape index (κ2) is 6.80. The second-order valence-corrected chi connectivity index (χ2v) is 8.34. The van der Waals surface area contributed by atoms with Gasteiger partial charge in [-0.1, -0.05) is 48.3 Å². The molecule has 1 saturated carbocycles. The molecule has 1 atom stereocenters. The number of halogens is 1. The van der Waals surface area contributed by atoms with E-state index in [9.17, 15) is 0 Å². The molecule has 2 N–H and O–H groups in total. The maximum atomic E-state index is 6.23. The van der Waals surface area contributed by atoms with Crippen molar-refractivity contribution >= 4 is 15.9 Å². The van der Waals surface area contributed by atoms with E-state index in [1.807, 2.05) is 0 Å². The predicted octanol–water partition coefficient (Wildman–Crippen LogP) is 4.57. The normalized spacial score (nSPS) is 25.8. The molecule has 1 aliphatic carbocycles. The van der Waals surface area contributed by atoms with Crippen LogP contribution in [0.4, 0.5) is 0 Å². The summed E-state index contributed by atoms with van der Waals surface area (Å²) in [5.74, 6) is 0. The molecule has 0 aliphatic heterocycles. The Balaban J connectivity index is 2.10. The smallest absolute Gasteiger partial charge is 0.0332 e. The average molecular weight is 353 g/mol. The summed E-state index contributed by atoms with van der Waals surface area (Å²) in [5, 5.41) is 0. The molecular weight excluding hydrogens is 324 g/mol. The molecule has 0 saturated heterocycles. The predicted molar refractivity (Wildman–Crippen MR) is 94.3 cm³/mol. The highest BCUT2D eigenvalue weighted by molar-refractivity contribution is 9.10. The van der Waals surface area contributed by atoms with Gasteiger partial charge in [0.1, 0.15) is 0 Å². The summed E-state index contributed by atoms with van der Waals surface area (Å²) in [6.45, 7) is 6.53. The van der Waals surface area contributed by atoms with Gasteiger partial charge in [0.2, 0.25) is 0 Å². The maximum Gasteiger partial charge on any atom is 0.0332 e. The van der Waals surface area contributed by atoms with E-state index < -0.39 is 0 Å². The third-order valence-corrected chi connectivity index (χ3v) is 5.81. The van der Waals surface area contributed by atoms with Crippen LogP contribution in [0.15, 0.2) is 28.7 Å². The molecule has 118 valence electrons. The van der Waals surface area contributed by atoms with Crippen molar-refractivity contribution in [2.45, 2.75) is 58.0 Å². The molecule has 0 spiro atoms. The Kier molecular flexibility index (Phi) is 5.50. The van der Waals surface area contributed by atoms with Crippen LogP contribution in [0.3, 0.4) is 0 Å². The fraction of sp³-hybridized carbons (Fsp3) is 0.667. The van der Waals surface area contributed by atoms with Crippen LogP contribution < -0.4 is 5.73 Å². The van der Waals surface area contributed by atoms with Gasteiger partial charge in [-0.05, 0) is 55.8 Å². The molecule has 0 amide bonds. The fourth-order valence-electron chi connectivity index (χ4n) is 3.49. The Morgan fingerprint density at radius 2 is 1.76 bits per heavy atom. The van der Waals surface area contributed by atoms with Crippen molar-refractivity contribution in [2.75, 3.05) is 13.6 Å². The molecule has 2 rings (SSSR count). The van der Waals surface area contributed by atoms with Crippen LogP contribution in [-0.2, 0) is 6.54 Å². The zero-order chi connectivity index (χ0) is 15.5. The number of rotatable bonds is 4. The Labute approximate surface area is 138 Å². The highest BCUT2D eigenvalue weighted by Gasteiger charge is 2.37. The molecule has 21 heavy (non-hydrogen) atoms. The first-order valence-corrected chi connectivity index (χ1v) is 8.82. The van der Waals surface area contributed by atoms with Crippen molar-refractivity contribution in [1.82, 2.24) is 4.90 Å². The largest absolute Gasteiger partial charge is 0.329 e. The van der Waals surface area contributed by atoms with Crippen LogP contribution >= 0.6 is 15.9 Å². The molecule has 0 aromatic heterocycles. The van der Waals surface area contributed by atoms with Gasteiger partial charge < -0.3 is 5.73 Å². The lowest BCUT2D eigenvalue weighted by molar-refractivity contribution is 0.0961. The summed E-state index contributed by atoms with van der Waals surface area (Å²) < 4.78 is 1.14. The summed E-state index contributed by atoms with van der Waals surface area (Å²) in [6.07, 6.45) is 6.31. The molecule has 1 fully saturated rings. The average Bonchev–Trinajstić information content (AvgIpc) is 2.60. The molecule has 1 aromatic rings. The molecule has 2 nitrogen and oxygen atoms in total.